The molecule has 1 heterocycles. The fourth-order valence-electron chi connectivity index (χ4n) is 2.38. The number of rotatable bonds is 4. The molecule has 0 saturated heterocycles. The molecule has 0 saturated carbocycles. The van der Waals surface area contributed by atoms with E-state index < -0.39 is 16.0 Å². The summed E-state index contributed by atoms with van der Waals surface area (Å²) in [4.78, 5) is 12.0. The Balaban J connectivity index is 2.23. The molecule has 0 aliphatic rings. The first-order chi connectivity index (χ1) is 12.5. The zero-order chi connectivity index (χ0) is 18.7. The summed E-state index contributed by atoms with van der Waals surface area (Å²) in [6, 6.07) is 12.9. The number of thiazole rings is 1. The molecule has 0 N–H and O–H groups in total. The topological polar surface area (TPSA) is 77.7 Å². The number of ether oxygens (including phenoxy) is 1. The summed E-state index contributed by atoms with van der Waals surface area (Å²) in [5.41, 5.74) is 1.06. The number of carbonyl (C=O) groups excluding carboxylic acids is 1. The summed E-state index contributed by atoms with van der Waals surface area (Å²) in [6.45, 7) is 0.153. The highest BCUT2D eigenvalue weighted by atomic mass is 32.2. The molecule has 2 aromatic carbocycles. The largest absolute Gasteiger partial charge is 0.465 e. The van der Waals surface area contributed by atoms with Gasteiger partial charge in [0.05, 0.1) is 34.3 Å². The molecule has 3 aromatic rings. The van der Waals surface area contributed by atoms with E-state index in [1.54, 1.807) is 41.0 Å². The van der Waals surface area contributed by atoms with E-state index in [1.807, 2.05) is 0 Å². The molecule has 0 aliphatic carbocycles. The molecule has 0 bridgehead atoms. The van der Waals surface area contributed by atoms with Crippen molar-refractivity contribution in [2.24, 2.45) is 4.40 Å². The number of aromatic nitrogens is 1. The second kappa shape index (κ2) is 7.15. The molecule has 0 radical (unpaired) electrons. The quantitative estimate of drug-likeness (QED) is 0.510. The molecule has 26 heavy (non-hydrogen) atoms. The van der Waals surface area contributed by atoms with Crippen molar-refractivity contribution in [2.75, 3.05) is 7.11 Å². The monoisotopic (exact) mass is 386 g/mol. The summed E-state index contributed by atoms with van der Waals surface area (Å²) < 4.78 is 36.1. The maximum Gasteiger partial charge on any atom is 0.337 e. The minimum Gasteiger partial charge on any atom is -0.465 e. The number of sulfonamides is 1. The molecule has 0 fully saturated rings. The van der Waals surface area contributed by atoms with Crippen LogP contribution in [0.4, 0.5) is 0 Å². The molecule has 0 atom stereocenters. The molecule has 1 aromatic heterocycles. The van der Waals surface area contributed by atoms with Gasteiger partial charge in [0, 0.05) is 0 Å². The molecule has 6 nitrogen and oxygen atoms in total. The van der Waals surface area contributed by atoms with Gasteiger partial charge in [0.25, 0.3) is 10.0 Å². The fraction of sp³-hybridized carbons (Fsp3) is 0.111. The van der Waals surface area contributed by atoms with Crippen LogP contribution in [0.1, 0.15) is 10.4 Å². The lowest BCUT2D eigenvalue weighted by molar-refractivity contribution is 0.0601. The lowest BCUT2D eigenvalue weighted by Crippen LogP contribution is -2.16. The third-order valence-electron chi connectivity index (χ3n) is 3.59. The van der Waals surface area contributed by atoms with Crippen LogP contribution in [0.2, 0.25) is 0 Å². The van der Waals surface area contributed by atoms with E-state index in [1.165, 1.54) is 19.2 Å². The molecule has 8 heteroatoms. The van der Waals surface area contributed by atoms with Gasteiger partial charge in [0.1, 0.15) is 0 Å². The van der Waals surface area contributed by atoms with Gasteiger partial charge in [0.15, 0.2) is 0 Å². The van der Waals surface area contributed by atoms with E-state index in [4.69, 9.17) is 11.2 Å². The van der Waals surface area contributed by atoms with Crippen molar-refractivity contribution in [1.82, 2.24) is 4.57 Å². The molecule has 0 aliphatic heterocycles. The van der Waals surface area contributed by atoms with Gasteiger partial charge in [0.2, 0.25) is 4.80 Å². The number of esters is 1. The van der Waals surface area contributed by atoms with Crippen molar-refractivity contribution in [3.63, 3.8) is 0 Å². The third kappa shape index (κ3) is 3.40. The summed E-state index contributed by atoms with van der Waals surface area (Å²) >= 11 is 1.14. The maximum atomic E-state index is 12.6. The van der Waals surface area contributed by atoms with E-state index >= 15 is 0 Å². The molecule has 0 unspecified atom stereocenters. The highest BCUT2D eigenvalue weighted by Gasteiger charge is 2.15. The van der Waals surface area contributed by atoms with Crippen molar-refractivity contribution >= 4 is 37.5 Å². The Bertz CT molecular complexity index is 1180. The highest BCUT2D eigenvalue weighted by Crippen LogP contribution is 2.20. The number of carbonyl (C=O) groups is 1. The second-order valence-corrected chi connectivity index (χ2v) is 7.84. The molecule has 132 valence electrons. The van der Waals surface area contributed by atoms with Crippen LogP contribution in [-0.4, -0.2) is 26.1 Å². The zero-order valence-electron chi connectivity index (χ0n) is 13.7. The van der Waals surface area contributed by atoms with Crippen LogP contribution < -0.4 is 4.80 Å². The lowest BCUT2D eigenvalue weighted by atomic mass is 10.2. The van der Waals surface area contributed by atoms with Crippen molar-refractivity contribution in [1.29, 1.82) is 0 Å². The zero-order valence-corrected chi connectivity index (χ0v) is 15.4. The van der Waals surface area contributed by atoms with E-state index in [2.05, 4.69) is 10.3 Å². The smallest absolute Gasteiger partial charge is 0.337 e. The Morgan fingerprint density at radius 1 is 1.27 bits per heavy atom. The van der Waals surface area contributed by atoms with Gasteiger partial charge < -0.3 is 9.30 Å². The van der Waals surface area contributed by atoms with Gasteiger partial charge in [-0.15, -0.1) is 10.8 Å². The summed E-state index contributed by atoms with van der Waals surface area (Å²) in [7, 11) is -2.58. The van der Waals surface area contributed by atoms with Crippen molar-refractivity contribution in [3.05, 3.63) is 58.9 Å². The second-order valence-electron chi connectivity index (χ2n) is 5.23. The van der Waals surface area contributed by atoms with Crippen LogP contribution >= 0.6 is 11.3 Å². The lowest BCUT2D eigenvalue weighted by Gasteiger charge is -2.02. The van der Waals surface area contributed by atoms with Gasteiger partial charge in [-0.25, -0.2) is 4.79 Å². The van der Waals surface area contributed by atoms with Gasteiger partial charge in [-0.2, -0.15) is 8.42 Å². The Hall–Kier alpha value is -2.89. The van der Waals surface area contributed by atoms with Crippen LogP contribution in [0.15, 0.2) is 57.8 Å². The van der Waals surface area contributed by atoms with Crippen LogP contribution in [0.3, 0.4) is 0 Å². The number of methoxy groups -OCH3 is 1. The number of hydrogen-bond donors (Lipinski definition) is 0. The molecule has 3 rings (SSSR count). The first-order valence-corrected chi connectivity index (χ1v) is 9.73. The predicted octanol–water partition coefficient (Wildman–Crippen LogP) is 2.41. The van der Waals surface area contributed by atoms with Crippen molar-refractivity contribution in [3.8, 4) is 12.3 Å². The first kappa shape index (κ1) is 17.9. The number of hydrogen-bond acceptors (Lipinski definition) is 5. The number of terminal acetylenes is 1. The summed E-state index contributed by atoms with van der Waals surface area (Å²) in [6.07, 6.45) is 5.42. The normalized spacial score (nSPS) is 12.1. The van der Waals surface area contributed by atoms with Crippen LogP contribution in [0.5, 0.6) is 0 Å². The maximum absolute atomic E-state index is 12.6. The summed E-state index contributed by atoms with van der Waals surface area (Å²) in [5, 5.41) is 0. The van der Waals surface area contributed by atoms with Gasteiger partial charge in [-0.1, -0.05) is 35.5 Å². The first-order valence-electron chi connectivity index (χ1n) is 7.47. The molecular formula is C18H14N2O4S2. The minimum atomic E-state index is -3.88. The molecule has 0 spiro atoms. The average molecular weight is 386 g/mol. The van der Waals surface area contributed by atoms with E-state index in [9.17, 15) is 13.2 Å². The Labute approximate surface area is 154 Å². The van der Waals surface area contributed by atoms with Crippen LogP contribution in [0.25, 0.3) is 10.2 Å². The van der Waals surface area contributed by atoms with E-state index in [0.29, 0.717) is 15.8 Å². The summed E-state index contributed by atoms with van der Waals surface area (Å²) in [5.74, 6) is 2.03. The Morgan fingerprint density at radius 3 is 2.65 bits per heavy atom. The van der Waals surface area contributed by atoms with Crippen LogP contribution in [-0.2, 0) is 21.3 Å². The van der Waals surface area contributed by atoms with Gasteiger partial charge in [-0.05, 0) is 30.3 Å². The van der Waals surface area contributed by atoms with Crippen molar-refractivity contribution < 1.29 is 17.9 Å². The van der Waals surface area contributed by atoms with E-state index in [0.717, 1.165) is 11.3 Å². The highest BCUT2D eigenvalue weighted by molar-refractivity contribution is 7.90. The fourth-order valence-corrected chi connectivity index (χ4v) is 4.67. The van der Waals surface area contributed by atoms with Gasteiger partial charge in [-0.3, -0.25) is 0 Å². The minimum absolute atomic E-state index is 0.0972. The molecule has 0 amide bonds. The SMILES string of the molecule is C#CCn1c(=NS(=O)(=O)c2ccccc2)sc2cc(C(=O)OC)ccc21. The molecular weight excluding hydrogens is 372 g/mol. The van der Waals surface area contributed by atoms with Gasteiger partial charge >= 0.3 is 5.97 Å². The Morgan fingerprint density at radius 2 is 2.00 bits per heavy atom. The third-order valence-corrected chi connectivity index (χ3v) is 6.03. The Kier molecular flexibility index (Phi) is 4.93. The standard InChI is InChI=1S/C18H14N2O4S2/c1-3-11-20-15-10-9-13(17(21)24-2)12-16(15)25-18(20)19-26(22,23)14-7-5-4-6-8-14/h1,4-10,12H,11H2,2H3. The van der Waals surface area contributed by atoms with Crippen LogP contribution in [0, 0.1) is 12.3 Å². The number of fused-ring (bicyclic) bond motifs is 1. The average Bonchev–Trinajstić information content (AvgIpc) is 2.98. The number of benzene rings is 2. The number of nitrogens with zero attached hydrogens (tertiary/aromatic N) is 2. The van der Waals surface area contributed by atoms with Crippen molar-refractivity contribution in [2.45, 2.75) is 11.4 Å². The van der Waals surface area contributed by atoms with E-state index in [-0.39, 0.29) is 16.2 Å². The predicted molar refractivity (Wildman–Crippen MR) is 99.2 cm³/mol.